The quantitative estimate of drug-likeness (QED) is 0.474. The minimum Gasteiger partial charge on any atom is -0.365 e. The summed E-state index contributed by atoms with van der Waals surface area (Å²) in [4.78, 5) is 27.0. The van der Waals surface area contributed by atoms with E-state index in [0.717, 1.165) is 12.5 Å². The molecule has 1 saturated heterocycles. The number of rotatable bonds is 7. The van der Waals surface area contributed by atoms with Crippen molar-refractivity contribution in [1.29, 1.82) is 0 Å². The molecule has 0 atom stereocenters. The van der Waals surface area contributed by atoms with Gasteiger partial charge in [-0.05, 0) is 53.2 Å². The number of sulfonamides is 1. The van der Waals surface area contributed by atoms with Gasteiger partial charge in [0.15, 0.2) is 0 Å². The first-order chi connectivity index (χ1) is 14.3. The third-order valence-corrected chi connectivity index (χ3v) is 6.40. The molecule has 10 nitrogen and oxygen atoms in total. The number of anilines is 1. The van der Waals surface area contributed by atoms with Crippen LogP contribution < -0.4 is 14.9 Å². The molecular formula is C20H33N5O5S. The van der Waals surface area contributed by atoms with Gasteiger partial charge in [-0.2, -0.15) is 0 Å². The molecule has 174 valence electrons. The largest absolute Gasteiger partial charge is 0.365 e. The number of nitro groups is 1. The first-order valence-corrected chi connectivity index (χ1v) is 11.9. The molecule has 0 saturated carbocycles. The Morgan fingerprint density at radius 1 is 1.19 bits per heavy atom. The van der Waals surface area contributed by atoms with E-state index in [1.54, 1.807) is 20.8 Å². The maximum Gasteiger partial charge on any atom is 0.293 e. The van der Waals surface area contributed by atoms with Gasteiger partial charge in [-0.25, -0.2) is 13.1 Å². The topological polar surface area (TPSA) is 125 Å². The SMILES string of the molecule is CC(C)NC(=O)CN1CCCN(c2ccc(S(=O)(=O)NC(C)(C)C)cc2[N+](=O)[O-])CC1. The Morgan fingerprint density at radius 2 is 1.87 bits per heavy atom. The van der Waals surface area contributed by atoms with Crippen molar-refractivity contribution in [3.8, 4) is 0 Å². The second kappa shape index (κ2) is 9.92. The average Bonchev–Trinajstić information content (AvgIpc) is 2.83. The van der Waals surface area contributed by atoms with E-state index in [1.807, 2.05) is 23.6 Å². The van der Waals surface area contributed by atoms with Gasteiger partial charge in [-0.15, -0.1) is 0 Å². The number of hydrogen-bond acceptors (Lipinski definition) is 7. The number of hydrogen-bond donors (Lipinski definition) is 2. The second-order valence-corrected chi connectivity index (χ2v) is 10.8. The van der Waals surface area contributed by atoms with Crippen molar-refractivity contribution in [1.82, 2.24) is 14.9 Å². The number of nitrogens with one attached hydrogen (secondary N) is 2. The molecule has 0 bridgehead atoms. The van der Waals surface area contributed by atoms with E-state index in [0.29, 0.717) is 31.9 Å². The molecule has 0 spiro atoms. The van der Waals surface area contributed by atoms with Gasteiger partial charge in [-0.1, -0.05) is 0 Å². The fourth-order valence-electron chi connectivity index (χ4n) is 3.49. The number of benzene rings is 1. The Morgan fingerprint density at radius 3 is 2.45 bits per heavy atom. The highest BCUT2D eigenvalue weighted by molar-refractivity contribution is 7.89. The Hall–Kier alpha value is -2.24. The van der Waals surface area contributed by atoms with Crippen molar-refractivity contribution < 1.29 is 18.1 Å². The Kier molecular flexibility index (Phi) is 8.01. The maximum absolute atomic E-state index is 12.6. The summed E-state index contributed by atoms with van der Waals surface area (Å²) in [5.74, 6) is -0.0460. The zero-order valence-corrected chi connectivity index (χ0v) is 19.7. The van der Waals surface area contributed by atoms with Gasteiger partial charge >= 0.3 is 0 Å². The van der Waals surface area contributed by atoms with Crippen LogP contribution in [0.2, 0.25) is 0 Å². The first kappa shape index (κ1) is 25.0. The number of amides is 1. The first-order valence-electron chi connectivity index (χ1n) is 10.4. The monoisotopic (exact) mass is 455 g/mol. The normalized spacial score (nSPS) is 16.3. The number of carbonyl (C=O) groups excluding carboxylic acids is 1. The molecular weight excluding hydrogens is 422 g/mol. The summed E-state index contributed by atoms with van der Waals surface area (Å²) in [6.07, 6.45) is 0.734. The van der Waals surface area contributed by atoms with Crippen molar-refractivity contribution in [2.24, 2.45) is 0 Å². The molecule has 1 aromatic rings. The third-order valence-electron chi connectivity index (χ3n) is 4.64. The van der Waals surface area contributed by atoms with E-state index in [9.17, 15) is 23.3 Å². The molecule has 0 unspecified atom stereocenters. The molecule has 0 aromatic heterocycles. The van der Waals surface area contributed by atoms with E-state index in [1.165, 1.54) is 12.1 Å². The zero-order chi connectivity index (χ0) is 23.4. The molecule has 1 aliphatic rings. The lowest BCUT2D eigenvalue weighted by atomic mass is 10.1. The van der Waals surface area contributed by atoms with Crippen LogP contribution >= 0.6 is 0 Å². The summed E-state index contributed by atoms with van der Waals surface area (Å²) in [7, 11) is -3.89. The molecule has 1 fully saturated rings. The molecule has 0 aliphatic carbocycles. The molecule has 2 N–H and O–H groups in total. The Bertz CT molecular complexity index is 911. The lowest BCUT2D eigenvalue weighted by Crippen LogP contribution is -2.41. The Labute approximate surface area is 184 Å². The standard InChI is InChI=1S/C20H33N5O5S/c1-15(2)21-19(26)14-23-9-6-10-24(12-11-23)17-8-7-16(13-18(17)25(27)28)31(29,30)22-20(3,4)5/h7-8,13,15,22H,6,9-12,14H2,1-5H3,(H,21,26). The van der Waals surface area contributed by atoms with Crippen molar-refractivity contribution in [3.63, 3.8) is 0 Å². The summed E-state index contributed by atoms with van der Waals surface area (Å²) < 4.78 is 27.7. The van der Waals surface area contributed by atoms with Crippen LogP contribution in [0.1, 0.15) is 41.0 Å². The molecule has 1 aliphatic heterocycles. The van der Waals surface area contributed by atoms with E-state index in [4.69, 9.17) is 0 Å². The second-order valence-electron chi connectivity index (χ2n) is 9.10. The van der Waals surface area contributed by atoms with Crippen LogP contribution in [0.25, 0.3) is 0 Å². The predicted molar refractivity (Wildman–Crippen MR) is 120 cm³/mol. The van der Waals surface area contributed by atoms with Crippen molar-refractivity contribution in [3.05, 3.63) is 28.3 Å². The van der Waals surface area contributed by atoms with Gasteiger partial charge < -0.3 is 10.2 Å². The molecule has 31 heavy (non-hydrogen) atoms. The van der Waals surface area contributed by atoms with Crippen LogP contribution in [0.15, 0.2) is 23.1 Å². The zero-order valence-electron chi connectivity index (χ0n) is 18.8. The summed E-state index contributed by atoms with van der Waals surface area (Å²) in [5, 5.41) is 14.6. The van der Waals surface area contributed by atoms with Crippen molar-refractivity contribution >= 4 is 27.3 Å². The van der Waals surface area contributed by atoms with Gasteiger partial charge in [0.2, 0.25) is 15.9 Å². The van der Waals surface area contributed by atoms with Gasteiger partial charge in [0.05, 0.1) is 16.4 Å². The Balaban J connectivity index is 2.21. The minimum atomic E-state index is -3.89. The average molecular weight is 456 g/mol. The fourth-order valence-corrected chi connectivity index (χ4v) is 4.92. The molecule has 1 heterocycles. The number of nitro benzene ring substituents is 1. The number of nitrogens with zero attached hydrogens (tertiary/aromatic N) is 3. The van der Waals surface area contributed by atoms with Gasteiger partial charge in [0, 0.05) is 43.8 Å². The highest BCUT2D eigenvalue weighted by atomic mass is 32.2. The van der Waals surface area contributed by atoms with Crippen LogP contribution in [0.4, 0.5) is 11.4 Å². The van der Waals surface area contributed by atoms with Gasteiger partial charge in [0.25, 0.3) is 5.69 Å². The molecule has 0 radical (unpaired) electrons. The van der Waals surface area contributed by atoms with Gasteiger partial charge in [-0.3, -0.25) is 19.8 Å². The van der Waals surface area contributed by atoms with Crippen LogP contribution in [-0.4, -0.2) is 68.5 Å². The summed E-state index contributed by atoms with van der Waals surface area (Å²) >= 11 is 0. The minimum absolute atomic E-state index is 0.0460. The molecule has 2 rings (SSSR count). The van der Waals surface area contributed by atoms with Crippen LogP contribution in [0.3, 0.4) is 0 Å². The maximum atomic E-state index is 12.6. The third kappa shape index (κ3) is 7.44. The van der Waals surface area contributed by atoms with E-state index in [-0.39, 0.29) is 29.1 Å². The molecule has 1 amide bonds. The van der Waals surface area contributed by atoms with E-state index in [2.05, 4.69) is 10.0 Å². The highest BCUT2D eigenvalue weighted by Gasteiger charge is 2.28. The lowest BCUT2D eigenvalue weighted by molar-refractivity contribution is -0.384. The summed E-state index contributed by atoms with van der Waals surface area (Å²) in [6.45, 7) is 11.6. The van der Waals surface area contributed by atoms with Crippen molar-refractivity contribution in [2.45, 2.75) is 57.5 Å². The summed E-state index contributed by atoms with van der Waals surface area (Å²) in [5.41, 5.74) is -0.571. The van der Waals surface area contributed by atoms with Crippen LogP contribution in [-0.2, 0) is 14.8 Å². The van der Waals surface area contributed by atoms with E-state index >= 15 is 0 Å². The van der Waals surface area contributed by atoms with Crippen LogP contribution in [0, 0.1) is 10.1 Å². The van der Waals surface area contributed by atoms with E-state index < -0.39 is 20.5 Å². The van der Waals surface area contributed by atoms with Gasteiger partial charge in [0.1, 0.15) is 5.69 Å². The number of carbonyl (C=O) groups is 1. The molecule has 1 aromatic carbocycles. The smallest absolute Gasteiger partial charge is 0.293 e. The highest BCUT2D eigenvalue weighted by Crippen LogP contribution is 2.31. The van der Waals surface area contributed by atoms with Crippen molar-refractivity contribution in [2.75, 3.05) is 37.6 Å². The molecule has 11 heteroatoms. The summed E-state index contributed by atoms with van der Waals surface area (Å²) in [6, 6.07) is 4.08. The van der Waals surface area contributed by atoms with Crippen LogP contribution in [0.5, 0.6) is 0 Å². The fraction of sp³-hybridized carbons (Fsp3) is 0.650. The predicted octanol–water partition coefficient (Wildman–Crippen LogP) is 1.71. The lowest BCUT2D eigenvalue weighted by Gasteiger charge is -2.24.